The molecule has 0 aromatic heterocycles. The summed E-state index contributed by atoms with van der Waals surface area (Å²) in [5, 5.41) is 27.6. The summed E-state index contributed by atoms with van der Waals surface area (Å²) in [4.78, 5) is 33.0. The normalized spacial score (nSPS) is 19.4. The lowest BCUT2D eigenvalue weighted by Crippen LogP contribution is -2.40. The van der Waals surface area contributed by atoms with Gasteiger partial charge in [-0.3, -0.25) is 19.6 Å². The van der Waals surface area contributed by atoms with E-state index in [1.807, 2.05) is 0 Å². The van der Waals surface area contributed by atoms with Crippen LogP contribution in [0.15, 0.2) is 0 Å². The molecule has 1 atom stereocenters. The van der Waals surface area contributed by atoms with Gasteiger partial charge in [-0.2, -0.15) is 0 Å². The fourth-order valence-corrected chi connectivity index (χ4v) is 4.78. The van der Waals surface area contributed by atoms with Gasteiger partial charge in [0.05, 0.1) is 0 Å². The summed E-state index contributed by atoms with van der Waals surface area (Å²) in [5.41, 5.74) is 0. The second-order valence-corrected chi connectivity index (χ2v) is 7.49. The highest BCUT2D eigenvalue weighted by Crippen LogP contribution is 2.41. The van der Waals surface area contributed by atoms with Crippen LogP contribution in [0.3, 0.4) is 0 Å². The molecular weight excluding hydrogens is 285 g/mol. The minimum absolute atomic E-state index is 0.00489. The third-order valence-corrected chi connectivity index (χ3v) is 5.96. The van der Waals surface area contributed by atoms with Crippen molar-refractivity contribution in [3.63, 3.8) is 0 Å². The molecule has 1 aliphatic rings. The predicted molar refractivity (Wildman–Crippen MR) is 72.3 cm³/mol. The van der Waals surface area contributed by atoms with Crippen molar-refractivity contribution in [3.05, 3.63) is 0 Å². The average Bonchev–Trinajstić information content (AvgIpc) is 2.37. The molecule has 1 aliphatic heterocycles. The molecule has 1 amide bonds. The Morgan fingerprint density at radius 1 is 1.20 bits per heavy atom. The Morgan fingerprint density at radius 3 is 2.25 bits per heavy atom. The van der Waals surface area contributed by atoms with Crippen LogP contribution in [0.2, 0.25) is 0 Å². The summed E-state index contributed by atoms with van der Waals surface area (Å²) < 4.78 is 0. The highest BCUT2D eigenvalue weighted by atomic mass is 31.1. The Morgan fingerprint density at radius 2 is 1.75 bits per heavy atom. The third kappa shape index (κ3) is 5.84. The van der Waals surface area contributed by atoms with E-state index in [0.717, 1.165) is 5.06 Å². The molecule has 1 heterocycles. The molecule has 1 unspecified atom stereocenters. The van der Waals surface area contributed by atoms with Crippen LogP contribution in [0, 0.1) is 5.92 Å². The number of carboxylic acids is 2. The van der Waals surface area contributed by atoms with Crippen molar-refractivity contribution < 1.29 is 29.8 Å². The quantitative estimate of drug-likeness (QED) is 0.456. The topological polar surface area (TPSA) is 115 Å². The zero-order chi connectivity index (χ0) is 15.1. The lowest BCUT2D eigenvalue weighted by molar-refractivity contribution is -0.174. The van der Waals surface area contributed by atoms with E-state index in [1.165, 1.54) is 0 Å². The molecule has 8 heteroatoms. The van der Waals surface area contributed by atoms with E-state index in [-0.39, 0.29) is 24.7 Å². The monoisotopic (exact) mass is 305 g/mol. The molecule has 0 radical (unpaired) electrons. The molecular formula is C12H20NO6P. The molecule has 0 spiro atoms. The summed E-state index contributed by atoms with van der Waals surface area (Å²) in [7, 11) is -0.814. The van der Waals surface area contributed by atoms with Crippen molar-refractivity contribution in [2.24, 2.45) is 5.92 Å². The first-order valence-corrected chi connectivity index (χ1v) is 8.46. The SMILES string of the molecule is O=C(O)CCP(CCC(=O)O)CC1CCCN(O)C1=O. The van der Waals surface area contributed by atoms with Gasteiger partial charge in [-0.15, -0.1) is 7.92 Å². The van der Waals surface area contributed by atoms with Gasteiger partial charge in [-0.25, -0.2) is 5.06 Å². The maximum Gasteiger partial charge on any atom is 0.303 e. The van der Waals surface area contributed by atoms with Crippen LogP contribution in [0.1, 0.15) is 25.7 Å². The van der Waals surface area contributed by atoms with Crippen LogP contribution in [0.4, 0.5) is 0 Å². The molecule has 0 aliphatic carbocycles. The highest BCUT2D eigenvalue weighted by molar-refractivity contribution is 7.57. The molecule has 3 N–H and O–H groups in total. The highest BCUT2D eigenvalue weighted by Gasteiger charge is 2.30. The molecule has 1 rings (SSSR count). The van der Waals surface area contributed by atoms with E-state index >= 15 is 0 Å². The Bertz CT molecular complexity index is 357. The first-order chi connectivity index (χ1) is 9.40. The Hall–Kier alpha value is -1.20. The van der Waals surface area contributed by atoms with E-state index in [1.54, 1.807) is 0 Å². The molecule has 0 aromatic rings. The number of hydrogen-bond acceptors (Lipinski definition) is 4. The van der Waals surface area contributed by atoms with E-state index < -0.39 is 19.9 Å². The number of carbonyl (C=O) groups excluding carboxylic acids is 1. The first-order valence-electron chi connectivity index (χ1n) is 6.56. The van der Waals surface area contributed by atoms with Crippen LogP contribution in [0.5, 0.6) is 0 Å². The smallest absolute Gasteiger partial charge is 0.303 e. The van der Waals surface area contributed by atoms with Gasteiger partial charge in [-0.1, -0.05) is 0 Å². The van der Waals surface area contributed by atoms with Crippen molar-refractivity contribution >= 4 is 25.8 Å². The number of nitrogens with zero attached hydrogens (tertiary/aromatic N) is 1. The number of carbonyl (C=O) groups is 3. The zero-order valence-corrected chi connectivity index (χ0v) is 12.1. The summed E-state index contributed by atoms with van der Waals surface area (Å²) in [6.45, 7) is 0.331. The lowest BCUT2D eigenvalue weighted by Gasteiger charge is -2.30. The largest absolute Gasteiger partial charge is 0.481 e. The van der Waals surface area contributed by atoms with Gasteiger partial charge >= 0.3 is 11.9 Å². The van der Waals surface area contributed by atoms with Gasteiger partial charge in [0.15, 0.2) is 0 Å². The summed E-state index contributed by atoms with van der Waals surface area (Å²) in [6, 6.07) is 0. The van der Waals surface area contributed by atoms with E-state index in [4.69, 9.17) is 10.2 Å². The number of rotatable bonds is 8. The molecule has 0 saturated carbocycles. The van der Waals surface area contributed by atoms with Crippen LogP contribution in [-0.2, 0) is 14.4 Å². The van der Waals surface area contributed by atoms with E-state index in [9.17, 15) is 19.6 Å². The fraction of sp³-hybridized carbons (Fsp3) is 0.750. The van der Waals surface area contributed by atoms with E-state index in [2.05, 4.69) is 0 Å². The maximum absolute atomic E-state index is 11.8. The molecule has 20 heavy (non-hydrogen) atoms. The number of aliphatic carboxylic acids is 2. The van der Waals surface area contributed by atoms with Crippen LogP contribution in [0.25, 0.3) is 0 Å². The van der Waals surface area contributed by atoms with Crippen molar-refractivity contribution in [2.45, 2.75) is 25.7 Å². The van der Waals surface area contributed by atoms with Crippen molar-refractivity contribution in [2.75, 3.05) is 25.0 Å². The molecule has 0 bridgehead atoms. The summed E-state index contributed by atoms with van der Waals surface area (Å²) in [6.07, 6.45) is 2.74. The second-order valence-electron chi connectivity index (χ2n) is 4.89. The third-order valence-electron chi connectivity index (χ3n) is 3.29. The van der Waals surface area contributed by atoms with Gasteiger partial charge in [0.1, 0.15) is 0 Å². The number of hydroxylamine groups is 2. The Balaban J connectivity index is 2.54. The van der Waals surface area contributed by atoms with E-state index in [0.29, 0.717) is 37.9 Å². The van der Waals surface area contributed by atoms with Crippen molar-refractivity contribution in [1.29, 1.82) is 0 Å². The summed E-state index contributed by atoms with van der Waals surface area (Å²) >= 11 is 0. The Labute approximate surface area is 118 Å². The standard InChI is InChI=1S/C12H20NO6P/c14-10(15)3-6-20(7-4-11(16)17)8-9-2-1-5-13(19)12(9)18/h9,19H,1-8H2,(H,14,15)(H,16,17). The van der Waals surface area contributed by atoms with Crippen LogP contribution >= 0.6 is 7.92 Å². The number of carboxylic acid groups (broad SMARTS) is 2. The maximum atomic E-state index is 11.8. The molecule has 114 valence electrons. The van der Waals surface area contributed by atoms with Gasteiger partial charge < -0.3 is 10.2 Å². The summed E-state index contributed by atoms with van der Waals surface area (Å²) in [5.74, 6) is -2.45. The number of piperidine rings is 1. The zero-order valence-electron chi connectivity index (χ0n) is 11.2. The van der Waals surface area contributed by atoms with Gasteiger partial charge in [0.2, 0.25) is 5.91 Å². The number of amides is 1. The lowest BCUT2D eigenvalue weighted by atomic mass is 10.0. The molecule has 1 saturated heterocycles. The minimum atomic E-state index is -0.911. The average molecular weight is 305 g/mol. The van der Waals surface area contributed by atoms with Gasteiger partial charge in [0, 0.05) is 25.3 Å². The fourth-order valence-electron chi connectivity index (χ4n) is 2.21. The van der Waals surface area contributed by atoms with Crippen LogP contribution in [-0.4, -0.2) is 63.4 Å². The van der Waals surface area contributed by atoms with Crippen LogP contribution < -0.4 is 0 Å². The van der Waals surface area contributed by atoms with Crippen molar-refractivity contribution in [1.82, 2.24) is 5.06 Å². The molecule has 0 aromatic carbocycles. The Kier molecular flexibility index (Phi) is 6.88. The second kappa shape index (κ2) is 8.17. The number of hydrogen-bond donors (Lipinski definition) is 3. The first kappa shape index (κ1) is 16.9. The van der Waals surface area contributed by atoms with Gasteiger partial charge in [-0.05, 0) is 31.3 Å². The predicted octanol–water partition coefficient (Wildman–Crippen LogP) is 1.05. The van der Waals surface area contributed by atoms with Gasteiger partial charge in [0.25, 0.3) is 0 Å². The molecule has 1 fully saturated rings. The minimum Gasteiger partial charge on any atom is -0.481 e. The molecule has 7 nitrogen and oxygen atoms in total. The van der Waals surface area contributed by atoms with Crippen molar-refractivity contribution in [3.8, 4) is 0 Å².